The summed E-state index contributed by atoms with van der Waals surface area (Å²) >= 11 is 3.77. The van der Waals surface area contributed by atoms with Crippen molar-refractivity contribution >= 4 is 29.3 Å². The molecule has 1 aliphatic carbocycles. The first-order chi connectivity index (χ1) is 6.34. The summed E-state index contributed by atoms with van der Waals surface area (Å²) in [5.41, 5.74) is 0. The largest absolute Gasteiger partial charge is 0.298 e. The van der Waals surface area contributed by atoms with Gasteiger partial charge in [-0.05, 0) is 37.0 Å². The number of carbonyl (C=O) groups excluding carboxylic acids is 1. The molecule has 1 saturated carbocycles. The minimum Gasteiger partial charge on any atom is -0.298 e. The summed E-state index contributed by atoms with van der Waals surface area (Å²) in [6, 6.07) is 0. The van der Waals surface area contributed by atoms with E-state index in [2.05, 4.69) is 6.26 Å². The van der Waals surface area contributed by atoms with Crippen molar-refractivity contribution in [2.75, 3.05) is 17.8 Å². The van der Waals surface area contributed by atoms with Crippen molar-refractivity contribution in [3.8, 4) is 0 Å². The van der Waals surface area contributed by atoms with E-state index in [0.29, 0.717) is 11.0 Å². The van der Waals surface area contributed by atoms with Crippen LogP contribution in [0.3, 0.4) is 0 Å². The molecule has 1 unspecified atom stereocenters. The highest BCUT2D eigenvalue weighted by Crippen LogP contribution is 2.26. The molecule has 1 atom stereocenters. The number of carbonyl (C=O) groups is 1. The van der Waals surface area contributed by atoms with Gasteiger partial charge in [-0.3, -0.25) is 4.79 Å². The molecule has 1 fully saturated rings. The molecule has 0 heterocycles. The second kappa shape index (κ2) is 6.77. The zero-order valence-corrected chi connectivity index (χ0v) is 9.88. The molecule has 0 N–H and O–H groups in total. The van der Waals surface area contributed by atoms with Crippen molar-refractivity contribution in [1.82, 2.24) is 0 Å². The van der Waals surface area contributed by atoms with Gasteiger partial charge in [-0.25, -0.2) is 0 Å². The van der Waals surface area contributed by atoms with Gasteiger partial charge in [0.05, 0.1) is 5.25 Å². The molecule has 0 spiro atoms. The SMILES string of the molecule is CSCCCSC1CCCCC1=O. The van der Waals surface area contributed by atoms with Crippen LogP contribution in [0.25, 0.3) is 0 Å². The van der Waals surface area contributed by atoms with Crippen molar-refractivity contribution in [3.05, 3.63) is 0 Å². The first-order valence-corrected chi connectivity index (χ1v) is 7.42. The van der Waals surface area contributed by atoms with E-state index >= 15 is 0 Å². The molecule has 0 aromatic rings. The number of hydrogen-bond donors (Lipinski definition) is 0. The summed E-state index contributed by atoms with van der Waals surface area (Å²) in [7, 11) is 0. The van der Waals surface area contributed by atoms with Crippen LogP contribution in [0.15, 0.2) is 0 Å². The van der Waals surface area contributed by atoms with Crippen molar-refractivity contribution in [2.24, 2.45) is 0 Å². The molecule has 1 aliphatic rings. The van der Waals surface area contributed by atoms with Crippen LogP contribution < -0.4 is 0 Å². The molecular weight excluding hydrogens is 200 g/mol. The first-order valence-electron chi connectivity index (χ1n) is 4.98. The lowest BCUT2D eigenvalue weighted by molar-refractivity contribution is -0.119. The molecule has 3 heteroatoms. The van der Waals surface area contributed by atoms with Crippen molar-refractivity contribution in [3.63, 3.8) is 0 Å². The highest BCUT2D eigenvalue weighted by atomic mass is 32.2. The summed E-state index contributed by atoms with van der Waals surface area (Å²) in [6.07, 6.45) is 7.72. The van der Waals surface area contributed by atoms with Gasteiger partial charge in [-0.15, -0.1) is 0 Å². The molecule has 0 aliphatic heterocycles. The van der Waals surface area contributed by atoms with Gasteiger partial charge in [-0.1, -0.05) is 6.42 Å². The van der Waals surface area contributed by atoms with Gasteiger partial charge in [0, 0.05) is 6.42 Å². The Balaban J connectivity index is 2.08. The molecule has 0 radical (unpaired) electrons. The first kappa shape index (κ1) is 11.4. The fraction of sp³-hybridized carbons (Fsp3) is 0.900. The van der Waals surface area contributed by atoms with E-state index < -0.39 is 0 Å². The second-order valence-electron chi connectivity index (χ2n) is 3.42. The Kier molecular flexibility index (Phi) is 5.96. The highest BCUT2D eigenvalue weighted by molar-refractivity contribution is 8.00. The zero-order chi connectivity index (χ0) is 9.52. The summed E-state index contributed by atoms with van der Waals surface area (Å²) in [6.45, 7) is 0. The smallest absolute Gasteiger partial charge is 0.145 e. The highest BCUT2D eigenvalue weighted by Gasteiger charge is 2.21. The Morgan fingerprint density at radius 2 is 2.23 bits per heavy atom. The monoisotopic (exact) mass is 218 g/mol. The van der Waals surface area contributed by atoms with Crippen LogP contribution in [0.4, 0.5) is 0 Å². The second-order valence-corrected chi connectivity index (χ2v) is 5.71. The van der Waals surface area contributed by atoms with E-state index in [1.165, 1.54) is 18.6 Å². The van der Waals surface area contributed by atoms with Crippen LogP contribution in [0.2, 0.25) is 0 Å². The van der Waals surface area contributed by atoms with E-state index in [1.807, 2.05) is 23.5 Å². The van der Waals surface area contributed by atoms with Gasteiger partial charge < -0.3 is 0 Å². The predicted octanol–water partition coefficient (Wildman–Crippen LogP) is 2.98. The molecule has 0 aromatic carbocycles. The van der Waals surface area contributed by atoms with Crippen LogP contribution in [-0.2, 0) is 4.79 Å². The number of hydrogen-bond acceptors (Lipinski definition) is 3. The van der Waals surface area contributed by atoms with Crippen molar-refractivity contribution in [2.45, 2.75) is 37.4 Å². The molecule has 13 heavy (non-hydrogen) atoms. The van der Waals surface area contributed by atoms with E-state index in [1.54, 1.807) is 0 Å². The van der Waals surface area contributed by atoms with Crippen LogP contribution in [-0.4, -0.2) is 28.8 Å². The van der Waals surface area contributed by atoms with Gasteiger partial charge in [0.2, 0.25) is 0 Å². The maximum atomic E-state index is 11.4. The third kappa shape index (κ3) is 4.41. The summed E-state index contributed by atoms with van der Waals surface area (Å²) < 4.78 is 0. The Hall–Kier alpha value is 0.370. The Morgan fingerprint density at radius 1 is 1.38 bits per heavy atom. The van der Waals surface area contributed by atoms with E-state index in [4.69, 9.17) is 0 Å². The maximum absolute atomic E-state index is 11.4. The summed E-state index contributed by atoms with van der Waals surface area (Å²) in [4.78, 5) is 11.4. The predicted molar refractivity (Wildman–Crippen MR) is 62.7 cm³/mol. The van der Waals surface area contributed by atoms with E-state index in [0.717, 1.165) is 25.0 Å². The minimum absolute atomic E-state index is 0.343. The topological polar surface area (TPSA) is 17.1 Å². The summed E-state index contributed by atoms with van der Waals surface area (Å²) in [5, 5.41) is 0.343. The Labute approximate surface area is 89.4 Å². The van der Waals surface area contributed by atoms with Crippen LogP contribution in [0.5, 0.6) is 0 Å². The molecule has 0 aromatic heterocycles. The quantitative estimate of drug-likeness (QED) is 0.660. The van der Waals surface area contributed by atoms with Crippen LogP contribution in [0, 0.1) is 0 Å². The average molecular weight is 218 g/mol. The minimum atomic E-state index is 0.343. The van der Waals surface area contributed by atoms with Gasteiger partial charge in [-0.2, -0.15) is 23.5 Å². The van der Waals surface area contributed by atoms with Crippen molar-refractivity contribution in [1.29, 1.82) is 0 Å². The molecule has 0 bridgehead atoms. The summed E-state index contributed by atoms with van der Waals surface area (Å²) in [5.74, 6) is 2.89. The fourth-order valence-corrected chi connectivity index (χ4v) is 3.40. The molecule has 1 rings (SSSR count). The van der Waals surface area contributed by atoms with Gasteiger partial charge in [0.25, 0.3) is 0 Å². The van der Waals surface area contributed by atoms with Gasteiger partial charge >= 0.3 is 0 Å². The molecule has 76 valence electrons. The van der Waals surface area contributed by atoms with E-state index in [9.17, 15) is 4.79 Å². The lowest BCUT2D eigenvalue weighted by Crippen LogP contribution is -2.21. The standard InChI is InChI=1S/C10H18OS2/c1-12-7-4-8-13-10-6-3-2-5-9(10)11/h10H,2-8H2,1H3. The van der Waals surface area contributed by atoms with Crippen molar-refractivity contribution < 1.29 is 4.79 Å². The van der Waals surface area contributed by atoms with Crippen LogP contribution in [0.1, 0.15) is 32.1 Å². The molecular formula is C10H18OS2. The molecule has 1 nitrogen and oxygen atoms in total. The average Bonchev–Trinajstić information content (AvgIpc) is 2.15. The Morgan fingerprint density at radius 3 is 2.92 bits per heavy atom. The number of rotatable bonds is 5. The van der Waals surface area contributed by atoms with Gasteiger partial charge in [0.1, 0.15) is 5.78 Å². The maximum Gasteiger partial charge on any atom is 0.145 e. The molecule has 0 saturated heterocycles. The van der Waals surface area contributed by atoms with Crippen LogP contribution >= 0.6 is 23.5 Å². The fourth-order valence-electron chi connectivity index (χ4n) is 1.56. The number of ketones is 1. The number of Topliss-reactive ketones (excluding diaryl/α,β-unsaturated/α-hetero) is 1. The lowest BCUT2D eigenvalue weighted by Gasteiger charge is -2.19. The molecule has 0 amide bonds. The normalized spacial score (nSPS) is 23.5. The van der Waals surface area contributed by atoms with Gasteiger partial charge in [0.15, 0.2) is 0 Å². The van der Waals surface area contributed by atoms with E-state index in [-0.39, 0.29) is 0 Å². The third-order valence-corrected chi connectivity index (χ3v) is 4.43. The number of thioether (sulfide) groups is 2. The Bertz CT molecular complexity index is 159. The zero-order valence-electron chi connectivity index (χ0n) is 8.25. The third-order valence-electron chi connectivity index (χ3n) is 2.31. The lowest BCUT2D eigenvalue weighted by atomic mass is 9.99.